The normalized spacial score (nSPS) is 14.3. The van der Waals surface area contributed by atoms with Crippen LogP contribution in [0.2, 0.25) is 0 Å². The molecular weight excluding hydrogens is 325 g/mol. The van der Waals surface area contributed by atoms with Crippen LogP contribution in [-0.4, -0.2) is 18.0 Å². The van der Waals surface area contributed by atoms with Gasteiger partial charge in [-0.1, -0.05) is 6.07 Å². The summed E-state index contributed by atoms with van der Waals surface area (Å²) in [4.78, 5) is 6.20. The van der Waals surface area contributed by atoms with Gasteiger partial charge in [0.15, 0.2) is 0 Å². The number of methoxy groups -OCH3 is 1. The van der Waals surface area contributed by atoms with Gasteiger partial charge in [0.1, 0.15) is 11.6 Å². The second-order valence-corrected chi connectivity index (χ2v) is 5.73. The van der Waals surface area contributed by atoms with E-state index in [1.807, 2.05) is 16.5 Å². The molecule has 3 nitrogen and oxygen atoms in total. The highest BCUT2D eigenvalue weighted by atomic mass is 32.2. The van der Waals surface area contributed by atoms with Gasteiger partial charge in [-0.25, -0.2) is 4.98 Å². The zero-order valence-electron chi connectivity index (χ0n) is 12.2. The fraction of sp³-hybridized carbons (Fsp3) is 0.188. The first-order valence-electron chi connectivity index (χ1n) is 6.75. The molecule has 0 N–H and O–H groups in total. The van der Waals surface area contributed by atoms with Crippen LogP contribution >= 0.6 is 11.8 Å². The number of thioether (sulfide) groups is 1. The Kier molecular flexibility index (Phi) is 4.21. The third-order valence-corrected chi connectivity index (χ3v) is 4.17. The maximum absolute atomic E-state index is 13.1. The van der Waals surface area contributed by atoms with Gasteiger partial charge in [0.25, 0.3) is 0 Å². The Morgan fingerprint density at radius 3 is 2.61 bits per heavy atom. The van der Waals surface area contributed by atoms with Gasteiger partial charge in [-0.2, -0.15) is 13.2 Å². The largest absolute Gasteiger partial charge is 0.496 e. The Bertz CT molecular complexity index is 746. The number of alkyl halides is 3. The molecule has 1 aromatic carbocycles. The zero-order chi connectivity index (χ0) is 16.4. The summed E-state index contributed by atoms with van der Waals surface area (Å²) in [6, 6.07) is 7.52. The minimum Gasteiger partial charge on any atom is -0.496 e. The fourth-order valence-corrected chi connectivity index (χ4v) is 2.99. The van der Waals surface area contributed by atoms with Crippen LogP contribution in [0.5, 0.6) is 5.75 Å². The van der Waals surface area contributed by atoms with E-state index in [-0.39, 0.29) is 5.75 Å². The number of pyridine rings is 1. The Balaban J connectivity index is 2.02. The predicted octanol–water partition coefficient (Wildman–Crippen LogP) is 4.76. The van der Waals surface area contributed by atoms with Gasteiger partial charge in [-0.3, -0.25) is 0 Å². The van der Waals surface area contributed by atoms with Crippen molar-refractivity contribution < 1.29 is 17.9 Å². The highest BCUT2D eigenvalue weighted by Crippen LogP contribution is 2.39. The molecule has 0 unspecified atom stereocenters. The van der Waals surface area contributed by atoms with Crippen molar-refractivity contribution in [1.29, 1.82) is 0 Å². The van der Waals surface area contributed by atoms with Gasteiger partial charge >= 0.3 is 6.18 Å². The van der Waals surface area contributed by atoms with E-state index in [0.29, 0.717) is 16.9 Å². The summed E-state index contributed by atoms with van der Waals surface area (Å²) in [5.74, 6) is 1.26. The highest BCUT2D eigenvalue weighted by Gasteiger charge is 2.34. The molecule has 0 amide bonds. The van der Waals surface area contributed by atoms with E-state index in [1.54, 1.807) is 36.2 Å². The molecule has 2 heterocycles. The molecule has 120 valence electrons. The number of aromatic nitrogens is 1. The molecule has 0 atom stereocenters. The first kappa shape index (κ1) is 15.7. The minimum absolute atomic E-state index is 0.186. The van der Waals surface area contributed by atoms with Gasteiger partial charge in [-0.15, -0.1) is 11.8 Å². The number of hydrogen-bond acceptors (Lipinski definition) is 4. The lowest BCUT2D eigenvalue weighted by atomic mass is 10.0. The molecule has 1 aliphatic rings. The van der Waals surface area contributed by atoms with Crippen LogP contribution in [0.25, 0.3) is 11.1 Å². The lowest BCUT2D eigenvalue weighted by Crippen LogP contribution is -2.12. The SMILES string of the molecule is COc1ccc(-c2ccnc(N3C=CSC3)c2)cc1C(F)(F)F. The average Bonchev–Trinajstić information content (AvgIpc) is 3.08. The summed E-state index contributed by atoms with van der Waals surface area (Å²) in [5, 5.41) is 1.95. The van der Waals surface area contributed by atoms with Crippen molar-refractivity contribution in [3.05, 3.63) is 53.7 Å². The summed E-state index contributed by atoms with van der Waals surface area (Å²) < 4.78 is 44.2. The molecule has 0 aliphatic carbocycles. The number of nitrogens with zero attached hydrogens (tertiary/aromatic N) is 2. The van der Waals surface area contributed by atoms with Crippen molar-refractivity contribution in [2.24, 2.45) is 0 Å². The third-order valence-electron chi connectivity index (χ3n) is 3.43. The van der Waals surface area contributed by atoms with Crippen LogP contribution in [0.3, 0.4) is 0 Å². The number of rotatable bonds is 3. The predicted molar refractivity (Wildman–Crippen MR) is 85.3 cm³/mol. The standard InChI is InChI=1S/C16H13F3N2OS/c1-22-14-3-2-11(8-13(14)16(17,18)19)12-4-5-20-15(9-12)21-6-7-23-10-21/h2-9H,10H2,1H3. The van der Waals surface area contributed by atoms with E-state index in [2.05, 4.69) is 4.98 Å². The van der Waals surface area contributed by atoms with Crippen LogP contribution in [0.1, 0.15) is 5.56 Å². The molecule has 0 saturated carbocycles. The number of anilines is 1. The number of hydrogen-bond donors (Lipinski definition) is 0. The van der Waals surface area contributed by atoms with Crippen molar-refractivity contribution in [2.45, 2.75) is 6.18 Å². The van der Waals surface area contributed by atoms with Crippen LogP contribution in [0.15, 0.2) is 48.1 Å². The molecular formula is C16H13F3N2OS. The fourth-order valence-electron chi connectivity index (χ4n) is 2.29. The quantitative estimate of drug-likeness (QED) is 0.806. The number of halogens is 3. The lowest BCUT2D eigenvalue weighted by molar-refractivity contribution is -0.138. The zero-order valence-corrected chi connectivity index (χ0v) is 13.0. The molecule has 3 rings (SSSR count). The van der Waals surface area contributed by atoms with E-state index >= 15 is 0 Å². The van der Waals surface area contributed by atoms with Crippen molar-refractivity contribution in [3.63, 3.8) is 0 Å². The maximum atomic E-state index is 13.1. The molecule has 23 heavy (non-hydrogen) atoms. The van der Waals surface area contributed by atoms with Crippen LogP contribution in [-0.2, 0) is 6.18 Å². The van der Waals surface area contributed by atoms with Gasteiger partial charge in [0.05, 0.1) is 18.6 Å². The second-order valence-electron chi connectivity index (χ2n) is 4.87. The molecule has 2 aromatic rings. The van der Waals surface area contributed by atoms with Crippen molar-refractivity contribution >= 4 is 17.6 Å². The smallest absolute Gasteiger partial charge is 0.419 e. The minimum atomic E-state index is -4.47. The van der Waals surface area contributed by atoms with Gasteiger partial charge in [0, 0.05) is 12.4 Å². The summed E-state index contributed by atoms with van der Waals surface area (Å²) in [5.41, 5.74) is 0.360. The Morgan fingerprint density at radius 1 is 1.17 bits per heavy atom. The van der Waals surface area contributed by atoms with Crippen molar-refractivity contribution in [1.82, 2.24) is 4.98 Å². The summed E-state index contributed by atoms with van der Waals surface area (Å²) in [7, 11) is 1.23. The summed E-state index contributed by atoms with van der Waals surface area (Å²) in [6.07, 6.45) is -0.976. The monoisotopic (exact) mass is 338 g/mol. The van der Waals surface area contributed by atoms with Crippen molar-refractivity contribution in [3.8, 4) is 16.9 Å². The maximum Gasteiger partial charge on any atom is 0.419 e. The molecule has 0 radical (unpaired) electrons. The number of benzene rings is 1. The highest BCUT2D eigenvalue weighted by molar-refractivity contribution is 8.02. The van der Waals surface area contributed by atoms with Crippen molar-refractivity contribution in [2.75, 3.05) is 17.9 Å². The van der Waals surface area contributed by atoms with E-state index in [4.69, 9.17) is 4.74 Å². The average molecular weight is 338 g/mol. The molecule has 1 aromatic heterocycles. The molecule has 7 heteroatoms. The topological polar surface area (TPSA) is 25.4 Å². The third kappa shape index (κ3) is 3.29. The van der Waals surface area contributed by atoms with E-state index in [9.17, 15) is 13.2 Å². The molecule has 0 fully saturated rings. The van der Waals surface area contributed by atoms with Crippen LogP contribution in [0.4, 0.5) is 19.0 Å². The second kappa shape index (κ2) is 6.16. The molecule has 0 spiro atoms. The first-order chi connectivity index (χ1) is 11.0. The molecule has 0 saturated heterocycles. The Morgan fingerprint density at radius 2 is 1.96 bits per heavy atom. The first-order valence-corrected chi connectivity index (χ1v) is 7.80. The summed E-state index contributed by atoms with van der Waals surface area (Å²) in [6.45, 7) is 0. The Labute approximate surface area is 135 Å². The van der Waals surface area contributed by atoms with E-state index < -0.39 is 11.7 Å². The van der Waals surface area contributed by atoms with Gasteiger partial charge in [0.2, 0.25) is 0 Å². The molecule has 1 aliphatic heterocycles. The van der Waals surface area contributed by atoms with E-state index in [0.717, 1.165) is 11.9 Å². The lowest BCUT2D eigenvalue weighted by Gasteiger charge is -2.16. The van der Waals surface area contributed by atoms with Crippen LogP contribution < -0.4 is 9.64 Å². The Hall–Kier alpha value is -2.15. The van der Waals surface area contributed by atoms with Gasteiger partial charge < -0.3 is 9.64 Å². The van der Waals surface area contributed by atoms with Gasteiger partial charge in [-0.05, 0) is 40.8 Å². The van der Waals surface area contributed by atoms with E-state index in [1.165, 1.54) is 13.2 Å². The number of ether oxygens (including phenoxy) is 1. The summed E-state index contributed by atoms with van der Waals surface area (Å²) >= 11 is 1.63. The molecule has 0 bridgehead atoms. The van der Waals surface area contributed by atoms with Crippen LogP contribution in [0, 0.1) is 0 Å².